The van der Waals surface area contributed by atoms with Crippen LogP contribution in [0.2, 0.25) is 0 Å². The maximum Gasteiger partial charge on any atom is 0.180 e. The summed E-state index contributed by atoms with van der Waals surface area (Å²) in [6.07, 6.45) is 4.65. The van der Waals surface area contributed by atoms with E-state index in [1.54, 1.807) is 6.20 Å². The van der Waals surface area contributed by atoms with Crippen molar-refractivity contribution < 1.29 is 0 Å². The van der Waals surface area contributed by atoms with E-state index in [4.69, 9.17) is 0 Å². The van der Waals surface area contributed by atoms with Gasteiger partial charge in [0.25, 0.3) is 0 Å². The van der Waals surface area contributed by atoms with Gasteiger partial charge in [0, 0.05) is 17.3 Å². The fourth-order valence-electron chi connectivity index (χ4n) is 1.67. The number of pyridine rings is 1. The predicted octanol–water partition coefficient (Wildman–Crippen LogP) is 1.73. The molecule has 0 spiro atoms. The van der Waals surface area contributed by atoms with E-state index in [-0.39, 0.29) is 0 Å². The van der Waals surface area contributed by atoms with Gasteiger partial charge in [-0.25, -0.2) is 5.10 Å². The van der Waals surface area contributed by atoms with E-state index in [1.165, 1.54) is 0 Å². The third-order valence-electron chi connectivity index (χ3n) is 2.43. The Morgan fingerprint density at radius 1 is 1.00 bits per heavy atom. The van der Waals surface area contributed by atoms with Gasteiger partial charge in [-0.2, -0.15) is 0 Å². The molecule has 5 nitrogen and oxygen atoms in total. The molecule has 5 heteroatoms. The van der Waals surface area contributed by atoms with Crippen molar-refractivity contribution in [2.24, 2.45) is 0 Å². The molecule has 0 aliphatic rings. The second kappa shape index (κ2) is 4.13. The number of benzene rings is 1. The van der Waals surface area contributed by atoms with Gasteiger partial charge in [-0.15, -0.1) is 5.10 Å². The minimum atomic E-state index is 0.637. The molecule has 3 aromatic rings. The van der Waals surface area contributed by atoms with Crippen LogP contribution >= 0.6 is 0 Å². The summed E-state index contributed by atoms with van der Waals surface area (Å²) in [6.45, 7) is 0. The normalized spacial score (nSPS) is 10.4. The van der Waals surface area contributed by atoms with Gasteiger partial charge in [0.1, 0.15) is 0 Å². The lowest BCUT2D eigenvalue weighted by molar-refractivity contribution is 0.881. The van der Waals surface area contributed by atoms with Crippen molar-refractivity contribution in [2.75, 3.05) is 0 Å². The van der Waals surface area contributed by atoms with E-state index in [0.29, 0.717) is 5.82 Å². The average Bonchev–Trinajstić information content (AvgIpc) is 2.94. The Morgan fingerprint density at radius 3 is 2.59 bits per heavy atom. The standard InChI is InChI=1S/C12H8N5/c1-2-6-11(12-14-16-17-15-12)10(5-1)9-4-3-7-13-8-9/h1-7H,(H,14,15,16,17). The summed E-state index contributed by atoms with van der Waals surface area (Å²) in [5.41, 5.74) is 2.85. The highest BCUT2D eigenvalue weighted by Gasteiger charge is 2.09. The zero-order valence-electron chi connectivity index (χ0n) is 8.83. The molecule has 81 valence electrons. The van der Waals surface area contributed by atoms with Crippen LogP contribution in [0, 0.1) is 6.20 Å². The van der Waals surface area contributed by atoms with Crippen LogP contribution in [0.15, 0.2) is 42.6 Å². The van der Waals surface area contributed by atoms with Crippen LogP contribution in [0.25, 0.3) is 22.5 Å². The van der Waals surface area contributed by atoms with Gasteiger partial charge in [0.05, 0.1) is 6.20 Å². The third-order valence-corrected chi connectivity index (χ3v) is 2.43. The van der Waals surface area contributed by atoms with Crippen molar-refractivity contribution in [2.45, 2.75) is 0 Å². The zero-order valence-corrected chi connectivity index (χ0v) is 8.83. The molecule has 0 atom stereocenters. The number of H-pyrrole nitrogens is 1. The van der Waals surface area contributed by atoms with E-state index in [1.807, 2.05) is 36.4 Å². The number of nitrogens with zero attached hydrogens (tertiary/aromatic N) is 4. The summed E-state index contributed by atoms with van der Waals surface area (Å²) in [4.78, 5) is 4.00. The molecule has 0 amide bonds. The van der Waals surface area contributed by atoms with Gasteiger partial charge >= 0.3 is 0 Å². The first-order valence-electron chi connectivity index (χ1n) is 5.11. The van der Waals surface area contributed by atoms with Crippen LogP contribution in [-0.2, 0) is 0 Å². The Balaban J connectivity index is 2.18. The minimum absolute atomic E-state index is 0.637. The molecule has 0 fully saturated rings. The molecule has 3 rings (SSSR count). The number of aromatic amines is 1. The Labute approximate surface area is 97.5 Å². The SMILES string of the molecule is [c]1ncccc1-c1ccccc1-c1nnn[nH]1. The van der Waals surface area contributed by atoms with E-state index < -0.39 is 0 Å². The van der Waals surface area contributed by atoms with Gasteiger partial charge in [-0.05, 0) is 22.1 Å². The zero-order chi connectivity index (χ0) is 11.5. The quantitative estimate of drug-likeness (QED) is 0.717. The van der Waals surface area contributed by atoms with Crippen LogP contribution in [0.1, 0.15) is 0 Å². The molecule has 2 aromatic heterocycles. The highest BCUT2D eigenvalue weighted by atomic mass is 15.5. The fourth-order valence-corrected chi connectivity index (χ4v) is 1.67. The number of hydrogen-bond donors (Lipinski definition) is 1. The second-order valence-electron chi connectivity index (χ2n) is 3.46. The van der Waals surface area contributed by atoms with Crippen molar-refractivity contribution in [1.82, 2.24) is 25.6 Å². The summed E-state index contributed by atoms with van der Waals surface area (Å²) < 4.78 is 0. The van der Waals surface area contributed by atoms with Crippen LogP contribution < -0.4 is 0 Å². The third kappa shape index (κ3) is 1.78. The number of aromatic nitrogens is 5. The van der Waals surface area contributed by atoms with Crippen LogP contribution in [0.4, 0.5) is 0 Å². The molecular formula is C12H8N5. The lowest BCUT2D eigenvalue weighted by Gasteiger charge is -2.05. The molecule has 2 heterocycles. The number of tetrazole rings is 1. The van der Waals surface area contributed by atoms with E-state index in [9.17, 15) is 0 Å². The average molecular weight is 222 g/mol. The molecule has 1 aromatic carbocycles. The van der Waals surface area contributed by atoms with Crippen LogP contribution in [0.5, 0.6) is 0 Å². The Bertz CT molecular complexity index is 604. The molecule has 0 aliphatic heterocycles. The minimum Gasteiger partial charge on any atom is -0.254 e. The largest absolute Gasteiger partial charge is 0.254 e. The summed E-state index contributed by atoms with van der Waals surface area (Å²) in [7, 11) is 0. The Hall–Kier alpha value is -2.56. The lowest BCUT2D eigenvalue weighted by Crippen LogP contribution is -1.87. The van der Waals surface area contributed by atoms with Gasteiger partial charge in [0.2, 0.25) is 0 Å². The van der Waals surface area contributed by atoms with E-state index in [0.717, 1.165) is 16.7 Å². The maximum atomic E-state index is 4.00. The van der Waals surface area contributed by atoms with Crippen molar-refractivity contribution in [3.63, 3.8) is 0 Å². The van der Waals surface area contributed by atoms with Gasteiger partial charge in [-0.3, -0.25) is 4.98 Å². The first kappa shape index (κ1) is 9.65. The van der Waals surface area contributed by atoms with E-state index in [2.05, 4.69) is 31.8 Å². The van der Waals surface area contributed by atoms with Crippen molar-refractivity contribution in [3.05, 3.63) is 48.8 Å². The Kier molecular flexibility index (Phi) is 2.34. The first-order chi connectivity index (χ1) is 8.45. The molecule has 0 bridgehead atoms. The molecule has 1 N–H and O–H groups in total. The highest BCUT2D eigenvalue weighted by molar-refractivity contribution is 5.79. The van der Waals surface area contributed by atoms with Crippen LogP contribution in [0.3, 0.4) is 0 Å². The smallest absolute Gasteiger partial charge is 0.180 e. The molecule has 0 saturated heterocycles. The predicted molar refractivity (Wildman–Crippen MR) is 61.7 cm³/mol. The van der Waals surface area contributed by atoms with Crippen molar-refractivity contribution in [3.8, 4) is 22.5 Å². The van der Waals surface area contributed by atoms with E-state index >= 15 is 0 Å². The van der Waals surface area contributed by atoms with Gasteiger partial charge < -0.3 is 0 Å². The lowest BCUT2D eigenvalue weighted by atomic mass is 10.0. The number of rotatable bonds is 2. The molecule has 1 radical (unpaired) electrons. The highest BCUT2D eigenvalue weighted by Crippen LogP contribution is 2.28. The molecule has 0 saturated carbocycles. The monoisotopic (exact) mass is 222 g/mol. The fraction of sp³-hybridized carbons (Fsp3) is 0. The molecule has 0 unspecified atom stereocenters. The summed E-state index contributed by atoms with van der Waals surface area (Å²) in [5.74, 6) is 0.637. The summed E-state index contributed by atoms with van der Waals surface area (Å²) in [6, 6.07) is 11.7. The van der Waals surface area contributed by atoms with Crippen molar-refractivity contribution >= 4 is 0 Å². The first-order valence-corrected chi connectivity index (χ1v) is 5.11. The molecular weight excluding hydrogens is 214 g/mol. The van der Waals surface area contributed by atoms with Gasteiger partial charge in [0.15, 0.2) is 5.82 Å². The van der Waals surface area contributed by atoms with Crippen LogP contribution in [-0.4, -0.2) is 25.6 Å². The topological polar surface area (TPSA) is 67.3 Å². The molecule has 0 aliphatic carbocycles. The van der Waals surface area contributed by atoms with Crippen molar-refractivity contribution in [1.29, 1.82) is 0 Å². The maximum absolute atomic E-state index is 4.00. The summed E-state index contributed by atoms with van der Waals surface area (Å²) in [5, 5.41) is 13.9. The number of nitrogens with one attached hydrogen (secondary N) is 1. The number of hydrogen-bond acceptors (Lipinski definition) is 4. The Morgan fingerprint density at radius 2 is 1.88 bits per heavy atom. The van der Waals surface area contributed by atoms with Gasteiger partial charge in [-0.1, -0.05) is 30.3 Å². The molecule has 17 heavy (non-hydrogen) atoms. The summed E-state index contributed by atoms with van der Waals surface area (Å²) >= 11 is 0. The second-order valence-corrected chi connectivity index (χ2v) is 3.46.